The van der Waals surface area contributed by atoms with Gasteiger partial charge in [0.15, 0.2) is 0 Å². The Hall–Kier alpha value is -2.33. The topological polar surface area (TPSA) is 41.6 Å². The lowest BCUT2D eigenvalue weighted by molar-refractivity contribution is -0.0829. The van der Waals surface area contributed by atoms with Crippen LogP contribution in [0, 0.1) is 0 Å². The summed E-state index contributed by atoms with van der Waals surface area (Å²) in [7, 11) is 0. The number of anilines is 1. The summed E-state index contributed by atoms with van der Waals surface area (Å²) in [5.74, 6) is 0. The number of amides is 2. The normalized spacial score (nSPS) is 18.0. The number of para-hydroxylation sites is 1. The van der Waals surface area contributed by atoms with E-state index in [1.165, 1.54) is 5.06 Å². The van der Waals surface area contributed by atoms with Gasteiger partial charge in [0.05, 0.1) is 12.6 Å². The Balaban J connectivity index is 1.74. The number of carbonyl (C=O) groups is 1. The Kier molecular flexibility index (Phi) is 3.65. The Morgan fingerprint density at radius 2 is 1.70 bits per heavy atom. The molecule has 2 amide bonds. The predicted octanol–water partition coefficient (Wildman–Crippen LogP) is 3.60. The molecule has 1 N–H and O–H groups in total. The number of carbonyl (C=O) groups excluding carboxylic acids is 1. The van der Waals surface area contributed by atoms with Crippen molar-refractivity contribution in [3.8, 4) is 0 Å². The molecular formula is C16H16N2O2. The minimum atomic E-state index is -0.234. The quantitative estimate of drug-likeness (QED) is 0.904. The van der Waals surface area contributed by atoms with Crippen LogP contribution in [0.25, 0.3) is 0 Å². The Morgan fingerprint density at radius 1 is 1.05 bits per heavy atom. The number of hydrogen-bond acceptors (Lipinski definition) is 2. The molecule has 1 aliphatic rings. The summed E-state index contributed by atoms with van der Waals surface area (Å²) in [6, 6.07) is 19.1. The fourth-order valence-corrected chi connectivity index (χ4v) is 2.35. The Morgan fingerprint density at radius 3 is 2.40 bits per heavy atom. The molecule has 1 saturated heterocycles. The van der Waals surface area contributed by atoms with Gasteiger partial charge in [-0.05, 0) is 17.7 Å². The molecule has 0 bridgehead atoms. The van der Waals surface area contributed by atoms with Crippen molar-refractivity contribution in [3.05, 3.63) is 66.2 Å². The molecule has 20 heavy (non-hydrogen) atoms. The van der Waals surface area contributed by atoms with Crippen molar-refractivity contribution in [1.82, 2.24) is 5.06 Å². The first-order valence-electron chi connectivity index (χ1n) is 6.68. The summed E-state index contributed by atoms with van der Waals surface area (Å²) in [5, 5.41) is 4.28. The molecule has 1 heterocycles. The van der Waals surface area contributed by atoms with Crippen molar-refractivity contribution < 1.29 is 9.63 Å². The van der Waals surface area contributed by atoms with Gasteiger partial charge in [0, 0.05) is 12.1 Å². The second-order valence-electron chi connectivity index (χ2n) is 4.67. The zero-order valence-electron chi connectivity index (χ0n) is 11.0. The number of nitrogens with zero attached hydrogens (tertiary/aromatic N) is 1. The molecule has 4 heteroatoms. The largest absolute Gasteiger partial charge is 0.346 e. The van der Waals surface area contributed by atoms with Gasteiger partial charge in [-0.2, -0.15) is 5.06 Å². The number of rotatable bonds is 2. The predicted molar refractivity (Wildman–Crippen MR) is 77.1 cm³/mol. The van der Waals surface area contributed by atoms with Gasteiger partial charge in [-0.15, -0.1) is 0 Å². The molecule has 2 aromatic carbocycles. The van der Waals surface area contributed by atoms with Crippen LogP contribution in [0.1, 0.15) is 18.0 Å². The zero-order chi connectivity index (χ0) is 13.8. The van der Waals surface area contributed by atoms with Gasteiger partial charge in [-0.1, -0.05) is 48.5 Å². The molecule has 1 atom stereocenters. The van der Waals surface area contributed by atoms with E-state index in [9.17, 15) is 4.79 Å². The van der Waals surface area contributed by atoms with Gasteiger partial charge in [-0.3, -0.25) is 4.84 Å². The standard InChI is InChI=1S/C16H16N2O2/c19-16(17-14-9-5-2-6-10-14)18-15(11-12-20-18)13-7-3-1-4-8-13/h1-10,15H,11-12H2,(H,17,19)/t15-/m0/s1. The van der Waals surface area contributed by atoms with Gasteiger partial charge in [0.2, 0.25) is 0 Å². The number of hydrogen-bond donors (Lipinski definition) is 1. The third kappa shape index (κ3) is 2.65. The lowest BCUT2D eigenvalue weighted by Crippen LogP contribution is -2.33. The number of benzene rings is 2. The third-order valence-corrected chi connectivity index (χ3v) is 3.31. The van der Waals surface area contributed by atoms with E-state index in [4.69, 9.17) is 4.84 Å². The van der Waals surface area contributed by atoms with Crippen molar-refractivity contribution in [1.29, 1.82) is 0 Å². The van der Waals surface area contributed by atoms with E-state index >= 15 is 0 Å². The first-order valence-corrected chi connectivity index (χ1v) is 6.68. The number of nitrogens with one attached hydrogen (secondary N) is 1. The summed E-state index contributed by atoms with van der Waals surface area (Å²) >= 11 is 0. The SMILES string of the molecule is O=C(Nc1ccccc1)N1OCC[C@H]1c1ccccc1. The van der Waals surface area contributed by atoms with Crippen LogP contribution in [0.5, 0.6) is 0 Å². The number of hydroxylamine groups is 2. The molecule has 1 fully saturated rings. The van der Waals surface area contributed by atoms with Crippen LogP contribution in [0.4, 0.5) is 10.5 Å². The Bertz CT molecular complexity index is 572. The molecule has 1 aliphatic heterocycles. The first kappa shape index (κ1) is 12.7. The summed E-state index contributed by atoms with van der Waals surface area (Å²) in [4.78, 5) is 17.8. The maximum atomic E-state index is 12.3. The summed E-state index contributed by atoms with van der Waals surface area (Å²) < 4.78 is 0. The van der Waals surface area contributed by atoms with E-state index in [1.54, 1.807) is 0 Å². The molecule has 0 unspecified atom stereocenters. The third-order valence-electron chi connectivity index (χ3n) is 3.31. The second-order valence-corrected chi connectivity index (χ2v) is 4.67. The van der Waals surface area contributed by atoms with Gasteiger partial charge in [0.25, 0.3) is 0 Å². The van der Waals surface area contributed by atoms with E-state index in [0.717, 1.165) is 17.7 Å². The van der Waals surface area contributed by atoms with Crippen LogP contribution in [-0.2, 0) is 4.84 Å². The van der Waals surface area contributed by atoms with Crippen LogP contribution in [0.15, 0.2) is 60.7 Å². The molecular weight excluding hydrogens is 252 g/mol. The molecule has 0 spiro atoms. The van der Waals surface area contributed by atoms with E-state index in [1.807, 2.05) is 60.7 Å². The Labute approximate surface area is 117 Å². The minimum Gasteiger partial charge on any atom is -0.306 e. The van der Waals surface area contributed by atoms with Gasteiger partial charge >= 0.3 is 6.03 Å². The fraction of sp³-hybridized carbons (Fsp3) is 0.188. The van der Waals surface area contributed by atoms with Crippen LogP contribution >= 0.6 is 0 Å². The molecule has 0 saturated carbocycles. The summed E-state index contributed by atoms with van der Waals surface area (Å²) in [6.07, 6.45) is 0.812. The van der Waals surface area contributed by atoms with Crippen LogP contribution in [-0.4, -0.2) is 17.7 Å². The highest BCUT2D eigenvalue weighted by Crippen LogP contribution is 2.30. The summed E-state index contributed by atoms with van der Waals surface area (Å²) in [6.45, 7) is 0.557. The number of urea groups is 1. The second kappa shape index (κ2) is 5.75. The van der Waals surface area contributed by atoms with E-state index in [0.29, 0.717) is 6.61 Å². The molecule has 0 aliphatic carbocycles. The average molecular weight is 268 g/mol. The fourth-order valence-electron chi connectivity index (χ4n) is 2.35. The van der Waals surface area contributed by atoms with Gasteiger partial charge < -0.3 is 5.32 Å². The van der Waals surface area contributed by atoms with Gasteiger partial charge in [0.1, 0.15) is 0 Å². The lowest BCUT2D eigenvalue weighted by atomic mass is 10.1. The van der Waals surface area contributed by atoms with Crippen molar-refractivity contribution in [3.63, 3.8) is 0 Å². The van der Waals surface area contributed by atoms with Crippen LogP contribution < -0.4 is 5.32 Å². The summed E-state index contributed by atoms with van der Waals surface area (Å²) in [5.41, 5.74) is 1.85. The van der Waals surface area contributed by atoms with Crippen LogP contribution in [0.2, 0.25) is 0 Å². The first-order chi connectivity index (χ1) is 9.84. The van der Waals surface area contributed by atoms with E-state index in [2.05, 4.69) is 5.32 Å². The van der Waals surface area contributed by atoms with E-state index in [-0.39, 0.29) is 12.1 Å². The molecule has 4 nitrogen and oxygen atoms in total. The maximum absolute atomic E-state index is 12.3. The maximum Gasteiger partial charge on any atom is 0.346 e. The zero-order valence-corrected chi connectivity index (χ0v) is 11.0. The molecule has 0 aromatic heterocycles. The smallest absolute Gasteiger partial charge is 0.306 e. The molecule has 102 valence electrons. The highest BCUT2D eigenvalue weighted by molar-refractivity contribution is 5.88. The van der Waals surface area contributed by atoms with Crippen molar-refractivity contribution in [2.24, 2.45) is 0 Å². The minimum absolute atomic E-state index is 0.0279. The van der Waals surface area contributed by atoms with Crippen molar-refractivity contribution in [2.75, 3.05) is 11.9 Å². The molecule has 3 rings (SSSR count). The molecule has 0 radical (unpaired) electrons. The monoisotopic (exact) mass is 268 g/mol. The average Bonchev–Trinajstić information content (AvgIpc) is 2.99. The van der Waals surface area contributed by atoms with Crippen LogP contribution in [0.3, 0.4) is 0 Å². The lowest BCUT2D eigenvalue weighted by Gasteiger charge is -2.23. The van der Waals surface area contributed by atoms with Crippen molar-refractivity contribution in [2.45, 2.75) is 12.5 Å². The van der Waals surface area contributed by atoms with Crippen molar-refractivity contribution >= 4 is 11.7 Å². The van der Waals surface area contributed by atoms with E-state index < -0.39 is 0 Å². The molecule has 2 aromatic rings. The van der Waals surface area contributed by atoms with Gasteiger partial charge in [-0.25, -0.2) is 4.79 Å². The highest BCUT2D eigenvalue weighted by Gasteiger charge is 2.31. The highest BCUT2D eigenvalue weighted by atomic mass is 16.7.